The van der Waals surface area contributed by atoms with E-state index in [9.17, 15) is 13.2 Å². The molecule has 0 heterocycles. The minimum absolute atomic E-state index is 0.140. The van der Waals surface area contributed by atoms with Gasteiger partial charge in [0, 0.05) is 11.1 Å². The third-order valence-corrected chi connectivity index (χ3v) is 6.43. The molecular weight excluding hydrogens is 386 g/mol. The fraction of sp³-hybridized carbons (Fsp3) is 0.174. The number of aldehydes is 1. The Morgan fingerprint density at radius 2 is 1.59 bits per heavy atom. The van der Waals surface area contributed by atoms with Crippen molar-refractivity contribution in [3.05, 3.63) is 83.9 Å². The van der Waals surface area contributed by atoms with Gasteiger partial charge in [-0.25, -0.2) is 13.1 Å². The molecule has 0 amide bonds. The van der Waals surface area contributed by atoms with Gasteiger partial charge < -0.3 is 4.74 Å². The Labute approximate surface area is 171 Å². The summed E-state index contributed by atoms with van der Waals surface area (Å²) in [6.07, 6.45) is 0.747. The van der Waals surface area contributed by atoms with Gasteiger partial charge in [0.2, 0.25) is 10.0 Å². The molecule has 0 aliphatic heterocycles. The first-order valence-corrected chi connectivity index (χ1v) is 10.6. The van der Waals surface area contributed by atoms with Crippen molar-refractivity contribution in [3.63, 3.8) is 0 Å². The van der Waals surface area contributed by atoms with Crippen molar-refractivity contribution in [2.45, 2.75) is 24.3 Å². The molecule has 0 radical (unpaired) electrons. The van der Waals surface area contributed by atoms with Crippen LogP contribution in [-0.2, 0) is 15.6 Å². The molecular formula is C23H23NO4S. The van der Waals surface area contributed by atoms with Gasteiger partial charge in [-0.3, -0.25) is 4.79 Å². The molecule has 0 spiro atoms. The predicted molar refractivity (Wildman–Crippen MR) is 114 cm³/mol. The van der Waals surface area contributed by atoms with Crippen molar-refractivity contribution < 1.29 is 17.9 Å². The normalized spacial score (nSPS) is 11.8. The van der Waals surface area contributed by atoms with Crippen molar-refractivity contribution >= 4 is 16.3 Å². The highest BCUT2D eigenvalue weighted by Crippen LogP contribution is 2.33. The second-order valence-corrected chi connectivity index (χ2v) is 8.85. The maximum Gasteiger partial charge on any atom is 0.241 e. The fourth-order valence-electron chi connectivity index (χ4n) is 3.14. The molecule has 0 aliphatic rings. The van der Waals surface area contributed by atoms with Crippen LogP contribution in [0.25, 0.3) is 11.1 Å². The van der Waals surface area contributed by atoms with E-state index in [1.165, 1.54) is 13.2 Å². The van der Waals surface area contributed by atoms with Crippen LogP contribution in [0.3, 0.4) is 0 Å². The molecule has 0 saturated heterocycles. The van der Waals surface area contributed by atoms with Crippen LogP contribution in [0.15, 0.2) is 77.7 Å². The minimum atomic E-state index is -3.86. The number of hydrogen-bond donors (Lipinski definition) is 1. The Balaban J connectivity index is 2.07. The van der Waals surface area contributed by atoms with Crippen LogP contribution >= 0.6 is 0 Å². The van der Waals surface area contributed by atoms with E-state index in [0.717, 1.165) is 11.8 Å². The molecule has 0 saturated carbocycles. The molecule has 0 atom stereocenters. The lowest BCUT2D eigenvalue weighted by Crippen LogP contribution is -2.41. The second kappa shape index (κ2) is 8.19. The maximum atomic E-state index is 13.3. The van der Waals surface area contributed by atoms with E-state index in [-0.39, 0.29) is 4.90 Å². The van der Waals surface area contributed by atoms with Gasteiger partial charge in [-0.1, -0.05) is 54.6 Å². The fourth-order valence-corrected chi connectivity index (χ4v) is 4.75. The lowest BCUT2D eigenvalue weighted by molar-refractivity contribution is 0.112. The van der Waals surface area contributed by atoms with Gasteiger partial charge in [0.1, 0.15) is 12.0 Å². The molecule has 3 aromatic carbocycles. The summed E-state index contributed by atoms with van der Waals surface area (Å²) in [5.41, 5.74) is 1.74. The van der Waals surface area contributed by atoms with Gasteiger partial charge in [-0.15, -0.1) is 0 Å². The molecule has 6 heteroatoms. The SMILES string of the molecule is COc1ccc(S(=O)(=O)NC(C)(C)c2ccccc2)c(-c2ccc(C=O)cc2)c1. The first kappa shape index (κ1) is 20.8. The highest BCUT2D eigenvalue weighted by molar-refractivity contribution is 7.89. The topological polar surface area (TPSA) is 72.5 Å². The smallest absolute Gasteiger partial charge is 0.241 e. The van der Waals surface area contributed by atoms with E-state index in [1.807, 2.05) is 44.2 Å². The summed E-state index contributed by atoms with van der Waals surface area (Å²) in [4.78, 5) is 11.1. The number of carbonyl (C=O) groups is 1. The van der Waals surface area contributed by atoms with Gasteiger partial charge in [-0.05, 0) is 43.2 Å². The molecule has 0 aromatic heterocycles. The lowest BCUT2D eigenvalue weighted by Gasteiger charge is -2.27. The first-order chi connectivity index (χ1) is 13.8. The lowest BCUT2D eigenvalue weighted by atomic mass is 9.96. The van der Waals surface area contributed by atoms with Crippen LogP contribution in [0.5, 0.6) is 5.75 Å². The number of hydrogen-bond acceptors (Lipinski definition) is 4. The molecule has 5 nitrogen and oxygen atoms in total. The van der Waals surface area contributed by atoms with Crippen LogP contribution in [0.4, 0.5) is 0 Å². The molecule has 150 valence electrons. The summed E-state index contributed by atoms with van der Waals surface area (Å²) in [6, 6.07) is 21.0. The number of sulfonamides is 1. The van der Waals surface area contributed by atoms with Gasteiger partial charge >= 0.3 is 0 Å². The summed E-state index contributed by atoms with van der Waals surface area (Å²) in [5.74, 6) is 0.542. The summed E-state index contributed by atoms with van der Waals surface area (Å²) >= 11 is 0. The van der Waals surface area contributed by atoms with E-state index in [1.54, 1.807) is 36.4 Å². The summed E-state index contributed by atoms with van der Waals surface area (Å²) in [7, 11) is -2.33. The van der Waals surface area contributed by atoms with Gasteiger partial charge in [-0.2, -0.15) is 0 Å². The number of ether oxygens (including phenoxy) is 1. The van der Waals surface area contributed by atoms with Crippen LogP contribution in [0.2, 0.25) is 0 Å². The second-order valence-electron chi connectivity index (χ2n) is 7.20. The molecule has 3 rings (SSSR count). The Bertz CT molecular complexity index is 1110. The third kappa shape index (κ3) is 4.55. The molecule has 0 bridgehead atoms. The van der Waals surface area contributed by atoms with Gasteiger partial charge in [0.05, 0.1) is 17.5 Å². The largest absolute Gasteiger partial charge is 0.497 e. The van der Waals surface area contributed by atoms with Crippen LogP contribution < -0.4 is 9.46 Å². The summed E-state index contributed by atoms with van der Waals surface area (Å²) < 4.78 is 34.8. The number of nitrogens with one attached hydrogen (secondary N) is 1. The Kier molecular flexibility index (Phi) is 5.86. The summed E-state index contributed by atoms with van der Waals surface area (Å²) in [6.45, 7) is 3.64. The Morgan fingerprint density at radius 1 is 0.931 bits per heavy atom. The number of benzene rings is 3. The quantitative estimate of drug-likeness (QED) is 0.588. The van der Waals surface area contributed by atoms with Crippen LogP contribution in [-0.4, -0.2) is 21.8 Å². The molecule has 3 aromatic rings. The van der Waals surface area contributed by atoms with Crippen LogP contribution in [0, 0.1) is 0 Å². The highest BCUT2D eigenvalue weighted by atomic mass is 32.2. The van der Waals surface area contributed by atoms with Gasteiger partial charge in [0.15, 0.2) is 0 Å². The monoisotopic (exact) mass is 409 g/mol. The standard InChI is InChI=1S/C23H23NO4S/c1-23(2,19-7-5-4-6-8-19)24-29(26,27)22-14-13-20(28-3)15-21(22)18-11-9-17(16-25)10-12-18/h4-16,24H,1-3H3. The molecule has 0 fully saturated rings. The van der Waals surface area contributed by atoms with Crippen molar-refractivity contribution in [1.29, 1.82) is 0 Å². The van der Waals surface area contributed by atoms with E-state index in [0.29, 0.717) is 22.4 Å². The van der Waals surface area contributed by atoms with E-state index < -0.39 is 15.6 Å². The molecule has 29 heavy (non-hydrogen) atoms. The average molecular weight is 410 g/mol. The van der Waals surface area contributed by atoms with E-state index in [4.69, 9.17) is 4.74 Å². The van der Waals surface area contributed by atoms with E-state index in [2.05, 4.69) is 4.72 Å². The zero-order chi connectivity index (χ0) is 21.1. The average Bonchev–Trinajstić information content (AvgIpc) is 2.73. The van der Waals surface area contributed by atoms with Crippen molar-refractivity contribution in [3.8, 4) is 16.9 Å². The molecule has 0 aliphatic carbocycles. The Hall–Kier alpha value is -2.96. The number of rotatable bonds is 7. The number of methoxy groups -OCH3 is 1. The van der Waals surface area contributed by atoms with Gasteiger partial charge in [0.25, 0.3) is 0 Å². The van der Waals surface area contributed by atoms with E-state index >= 15 is 0 Å². The zero-order valence-electron chi connectivity index (χ0n) is 16.5. The van der Waals surface area contributed by atoms with Crippen molar-refractivity contribution in [1.82, 2.24) is 4.72 Å². The zero-order valence-corrected chi connectivity index (χ0v) is 17.4. The maximum absolute atomic E-state index is 13.3. The molecule has 1 N–H and O–H groups in total. The summed E-state index contributed by atoms with van der Waals surface area (Å²) in [5, 5.41) is 0. The third-order valence-electron chi connectivity index (χ3n) is 4.72. The van der Waals surface area contributed by atoms with Crippen molar-refractivity contribution in [2.24, 2.45) is 0 Å². The number of carbonyl (C=O) groups excluding carboxylic acids is 1. The predicted octanol–water partition coefficient (Wildman–Crippen LogP) is 4.39. The van der Waals surface area contributed by atoms with Crippen LogP contribution in [0.1, 0.15) is 29.8 Å². The first-order valence-electron chi connectivity index (χ1n) is 9.10. The highest BCUT2D eigenvalue weighted by Gasteiger charge is 2.29. The minimum Gasteiger partial charge on any atom is -0.497 e. The van der Waals surface area contributed by atoms with Crippen molar-refractivity contribution in [2.75, 3.05) is 7.11 Å². The molecule has 0 unspecified atom stereocenters. The Morgan fingerprint density at radius 3 is 2.17 bits per heavy atom.